The third kappa shape index (κ3) is 6.26. The van der Waals surface area contributed by atoms with Crippen molar-refractivity contribution >= 4 is 21.9 Å². The molecule has 2 rings (SSSR count). The monoisotopic (exact) mass is 422 g/mol. The number of hydrogen-bond donors (Lipinski definition) is 0. The van der Waals surface area contributed by atoms with E-state index in [0.29, 0.717) is 29.8 Å². The fourth-order valence-corrected chi connectivity index (χ4v) is 2.57. The molecule has 0 aliphatic rings. The van der Waals surface area contributed by atoms with Gasteiger partial charge >= 0.3 is 5.97 Å². The molecule has 0 radical (unpaired) electrons. The van der Waals surface area contributed by atoms with Crippen LogP contribution in [0.3, 0.4) is 0 Å². The van der Waals surface area contributed by atoms with Gasteiger partial charge in [-0.25, -0.2) is 4.79 Å². The molecule has 5 nitrogen and oxygen atoms in total. The van der Waals surface area contributed by atoms with Crippen molar-refractivity contribution < 1.29 is 23.7 Å². The Labute approximate surface area is 162 Å². The minimum atomic E-state index is -0.423. The van der Waals surface area contributed by atoms with Crippen molar-refractivity contribution in [2.24, 2.45) is 5.92 Å². The molecule has 0 heterocycles. The van der Waals surface area contributed by atoms with Crippen LogP contribution < -0.4 is 14.2 Å². The molecule has 140 valence electrons. The lowest BCUT2D eigenvalue weighted by atomic mass is 10.2. The van der Waals surface area contributed by atoms with Gasteiger partial charge in [0.1, 0.15) is 23.0 Å². The molecule has 0 atom stereocenters. The van der Waals surface area contributed by atoms with Crippen molar-refractivity contribution in [3.8, 4) is 23.0 Å². The molecule has 0 unspecified atom stereocenters. The minimum Gasteiger partial charge on any atom is -0.493 e. The number of rotatable bonds is 8. The zero-order valence-corrected chi connectivity index (χ0v) is 17.0. The van der Waals surface area contributed by atoms with E-state index in [2.05, 4.69) is 34.5 Å². The van der Waals surface area contributed by atoms with Gasteiger partial charge in [-0.2, -0.15) is 0 Å². The second-order valence-corrected chi connectivity index (χ2v) is 7.14. The van der Waals surface area contributed by atoms with E-state index in [0.717, 1.165) is 15.8 Å². The summed E-state index contributed by atoms with van der Waals surface area (Å²) in [5.41, 5.74) is 0.859. The molecule has 0 fully saturated rings. The Morgan fingerprint density at radius 3 is 2.42 bits per heavy atom. The lowest BCUT2D eigenvalue weighted by molar-refractivity contribution is -0.142. The van der Waals surface area contributed by atoms with Gasteiger partial charge in [0, 0.05) is 10.5 Å². The van der Waals surface area contributed by atoms with E-state index in [9.17, 15) is 4.79 Å². The highest BCUT2D eigenvalue weighted by atomic mass is 79.9. The van der Waals surface area contributed by atoms with Crippen molar-refractivity contribution in [2.45, 2.75) is 20.8 Å². The summed E-state index contributed by atoms with van der Waals surface area (Å²) in [6.45, 7) is 6.60. The zero-order valence-electron chi connectivity index (χ0n) is 15.4. The summed E-state index contributed by atoms with van der Waals surface area (Å²) in [6, 6.07) is 11.0. The summed E-state index contributed by atoms with van der Waals surface area (Å²) in [6.07, 6.45) is 0. The van der Waals surface area contributed by atoms with Crippen molar-refractivity contribution in [3.63, 3.8) is 0 Å². The van der Waals surface area contributed by atoms with E-state index in [-0.39, 0.29) is 6.61 Å². The molecule has 0 aliphatic carbocycles. The average molecular weight is 423 g/mol. The zero-order chi connectivity index (χ0) is 19.1. The number of methoxy groups -OCH3 is 1. The standard InChI is InChI=1S/C20H23BrO5/c1-13(2)11-24-17-8-15(21)9-18(10-17)26-16-5-6-19(14(3)7-16)25-12-20(22)23-4/h5-10,13H,11-12H2,1-4H3. The Hall–Kier alpha value is -2.21. The van der Waals surface area contributed by atoms with Gasteiger partial charge in [-0.05, 0) is 48.7 Å². The lowest BCUT2D eigenvalue weighted by Crippen LogP contribution is -2.12. The van der Waals surface area contributed by atoms with Gasteiger partial charge in [0.25, 0.3) is 0 Å². The third-order valence-electron chi connectivity index (χ3n) is 3.38. The van der Waals surface area contributed by atoms with E-state index in [1.807, 2.05) is 31.2 Å². The molecule has 2 aromatic carbocycles. The Morgan fingerprint density at radius 2 is 1.77 bits per heavy atom. The summed E-state index contributed by atoms with van der Waals surface area (Å²) >= 11 is 3.48. The van der Waals surface area contributed by atoms with Crippen LogP contribution in [0.2, 0.25) is 0 Å². The topological polar surface area (TPSA) is 54.0 Å². The Balaban J connectivity index is 2.08. The lowest BCUT2D eigenvalue weighted by Gasteiger charge is -2.13. The van der Waals surface area contributed by atoms with Gasteiger partial charge in [0.15, 0.2) is 6.61 Å². The molecule has 0 spiro atoms. The van der Waals surface area contributed by atoms with Crippen LogP contribution in [0.25, 0.3) is 0 Å². The summed E-state index contributed by atoms with van der Waals surface area (Å²) in [5, 5.41) is 0. The minimum absolute atomic E-state index is 0.125. The Kier molecular flexibility index (Phi) is 7.33. The van der Waals surface area contributed by atoms with Gasteiger partial charge in [-0.1, -0.05) is 29.8 Å². The van der Waals surface area contributed by atoms with Gasteiger partial charge in [-0.3, -0.25) is 0 Å². The van der Waals surface area contributed by atoms with E-state index in [1.165, 1.54) is 7.11 Å². The van der Waals surface area contributed by atoms with Crippen molar-refractivity contribution in [2.75, 3.05) is 20.3 Å². The van der Waals surface area contributed by atoms with E-state index >= 15 is 0 Å². The van der Waals surface area contributed by atoms with Crippen LogP contribution in [-0.4, -0.2) is 26.3 Å². The molecule has 0 aliphatic heterocycles. The number of carbonyl (C=O) groups excluding carboxylic acids is 1. The first-order valence-corrected chi connectivity index (χ1v) is 9.08. The molecule has 0 amide bonds. The highest BCUT2D eigenvalue weighted by Crippen LogP contribution is 2.32. The predicted octanol–water partition coefficient (Wildman–Crippen LogP) is 5.14. The normalized spacial score (nSPS) is 10.5. The van der Waals surface area contributed by atoms with Crippen LogP contribution in [0, 0.1) is 12.8 Å². The smallest absolute Gasteiger partial charge is 0.343 e. The fourth-order valence-electron chi connectivity index (χ4n) is 2.12. The van der Waals surface area contributed by atoms with Gasteiger partial charge in [0.2, 0.25) is 0 Å². The molecule has 0 saturated heterocycles. The molecule has 0 aromatic heterocycles. The number of halogens is 1. The largest absolute Gasteiger partial charge is 0.493 e. The summed E-state index contributed by atoms with van der Waals surface area (Å²) in [4.78, 5) is 11.2. The second kappa shape index (κ2) is 9.48. The maximum atomic E-state index is 11.2. The van der Waals surface area contributed by atoms with Gasteiger partial charge in [-0.15, -0.1) is 0 Å². The number of esters is 1. The molecular weight excluding hydrogens is 400 g/mol. The van der Waals surface area contributed by atoms with Crippen LogP contribution in [0.5, 0.6) is 23.0 Å². The number of hydrogen-bond acceptors (Lipinski definition) is 5. The van der Waals surface area contributed by atoms with Crippen LogP contribution in [0.1, 0.15) is 19.4 Å². The number of benzene rings is 2. The maximum absolute atomic E-state index is 11.2. The van der Waals surface area contributed by atoms with E-state index < -0.39 is 5.97 Å². The Bertz CT molecular complexity index is 758. The van der Waals surface area contributed by atoms with Crippen molar-refractivity contribution in [1.29, 1.82) is 0 Å². The third-order valence-corrected chi connectivity index (χ3v) is 3.84. The summed E-state index contributed by atoms with van der Waals surface area (Å²) in [7, 11) is 1.33. The molecule has 0 N–H and O–H groups in total. The highest BCUT2D eigenvalue weighted by Gasteiger charge is 2.08. The van der Waals surface area contributed by atoms with Crippen LogP contribution >= 0.6 is 15.9 Å². The Morgan fingerprint density at radius 1 is 1.04 bits per heavy atom. The SMILES string of the molecule is COC(=O)COc1ccc(Oc2cc(Br)cc(OCC(C)C)c2)cc1C. The fraction of sp³-hybridized carbons (Fsp3) is 0.350. The molecule has 0 saturated carbocycles. The molecular formula is C20H23BrO5. The van der Waals surface area contributed by atoms with Gasteiger partial charge in [0.05, 0.1) is 13.7 Å². The highest BCUT2D eigenvalue weighted by molar-refractivity contribution is 9.10. The predicted molar refractivity (Wildman–Crippen MR) is 103 cm³/mol. The maximum Gasteiger partial charge on any atom is 0.343 e. The molecule has 6 heteroatoms. The molecule has 0 bridgehead atoms. The van der Waals surface area contributed by atoms with Crippen LogP contribution in [0.15, 0.2) is 40.9 Å². The molecule has 2 aromatic rings. The first kappa shape index (κ1) is 20.1. The summed E-state index contributed by atoms with van der Waals surface area (Å²) in [5.74, 6) is 2.71. The number of aryl methyl sites for hydroxylation is 1. The second-order valence-electron chi connectivity index (χ2n) is 6.22. The number of ether oxygens (including phenoxy) is 4. The van der Waals surface area contributed by atoms with E-state index in [4.69, 9.17) is 14.2 Å². The van der Waals surface area contributed by atoms with Crippen molar-refractivity contribution in [1.82, 2.24) is 0 Å². The van der Waals surface area contributed by atoms with Gasteiger partial charge < -0.3 is 18.9 Å². The average Bonchev–Trinajstić information content (AvgIpc) is 2.58. The van der Waals surface area contributed by atoms with Crippen LogP contribution in [0.4, 0.5) is 0 Å². The quantitative estimate of drug-likeness (QED) is 0.551. The first-order chi connectivity index (χ1) is 12.4. The number of carbonyl (C=O) groups is 1. The summed E-state index contributed by atoms with van der Waals surface area (Å²) < 4.78 is 22.6. The van der Waals surface area contributed by atoms with E-state index in [1.54, 1.807) is 12.1 Å². The first-order valence-electron chi connectivity index (χ1n) is 8.29. The molecule has 26 heavy (non-hydrogen) atoms. The van der Waals surface area contributed by atoms with Crippen LogP contribution in [-0.2, 0) is 9.53 Å². The van der Waals surface area contributed by atoms with Crippen molar-refractivity contribution in [3.05, 3.63) is 46.4 Å².